The van der Waals surface area contributed by atoms with Gasteiger partial charge in [-0.2, -0.15) is 4.31 Å². The minimum Gasteiger partial charge on any atom is -0.381 e. The molecule has 0 N–H and O–H groups in total. The van der Waals surface area contributed by atoms with Crippen LogP contribution in [0.1, 0.15) is 37.8 Å². The van der Waals surface area contributed by atoms with Crippen molar-refractivity contribution in [3.63, 3.8) is 0 Å². The van der Waals surface area contributed by atoms with Crippen LogP contribution in [0.4, 0.5) is 0 Å². The normalized spacial score (nSPS) is 21.5. The summed E-state index contributed by atoms with van der Waals surface area (Å²) in [7, 11) is -3.52. The Bertz CT molecular complexity index is 763. The fourth-order valence-corrected chi connectivity index (χ4v) is 5.38. The lowest BCUT2D eigenvalue weighted by atomic mass is 10.00. The van der Waals surface area contributed by atoms with Crippen molar-refractivity contribution in [3.05, 3.63) is 29.3 Å². The largest absolute Gasteiger partial charge is 0.381 e. The topological polar surface area (TPSA) is 66.9 Å². The first-order valence-electron chi connectivity index (χ1n) is 9.37. The number of benzene rings is 1. The lowest BCUT2D eigenvalue weighted by Gasteiger charge is -2.32. The number of rotatable bonds is 5. The van der Waals surface area contributed by atoms with Crippen LogP contribution in [0.3, 0.4) is 0 Å². The van der Waals surface area contributed by atoms with Gasteiger partial charge in [0.15, 0.2) is 0 Å². The van der Waals surface area contributed by atoms with Crippen molar-refractivity contribution < 1.29 is 17.9 Å². The van der Waals surface area contributed by atoms with Crippen LogP contribution in [-0.2, 0) is 32.5 Å². The van der Waals surface area contributed by atoms with Crippen LogP contribution in [0.5, 0.6) is 0 Å². The average Bonchev–Trinajstić information content (AvgIpc) is 2.65. The standard InChI is InChI=1S/C19H28N2O4S/c1-3-25-14-16-5-4-9-21(12-16)26(23,24)19-7-6-17-8-10-20(15(2)22)13-18(17)11-19/h6-7,11,16H,3-5,8-10,12-14H2,1-2H3. The molecule has 7 heteroatoms. The Morgan fingerprint density at radius 1 is 1.27 bits per heavy atom. The van der Waals surface area contributed by atoms with E-state index in [1.54, 1.807) is 28.3 Å². The number of fused-ring (bicyclic) bond motifs is 1. The van der Waals surface area contributed by atoms with Crippen molar-refractivity contribution in [2.75, 3.05) is 32.8 Å². The molecular formula is C19H28N2O4S. The molecule has 1 amide bonds. The molecule has 1 unspecified atom stereocenters. The van der Waals surface area contributed by atoms with Gasteiger partial charge in [0.1, 0.15) is 0 Å². The fraction of sp³-hybridized carbons (Fsp3) is 0.632. The van der Waals surface area contributed by atoms with Crippen LogP contribution >= 0.6 is 0 Å². The lowest BCUT2D eigenvalue weighted by molar-refractivity contribution is -0.129. The molecule has 0 radical (unpaired) electrons. The van der Waals surface area contributed by atoms with E-state index in [-0.39, 0.29) is 11.8 Å². The van der Waals surface area contributed by atoms with Crippen LogP contribution in [0.2, 0.25) is 0 Å². The first-order valence-corrected chi connectivity index (χ1v) is 10.8. The van der Waals surface area contributed by atoms with Gasteiger partial charge in [-0.25, -0.2) is 8.42 Å². The number of carbonyl (C=O) groups is 1. The molecule has 2 heterocycles. The first kappa shape index (κ1) is 19.3. The number of nitrogens with zero attached hydrogens (tertiary/aromatic N) is 2. The number of hydrogen-bond acceptors (Lipinski definition) is 4. The Kier molecular flexibility index (Phi) is 5.99. The van der Waals surface area contributed by atoms with E-state index in [9.17, 15) is 13.2 Å². The van der Waals surface area contributed by atoms with E-state index in [1.165, 1.54) is 0 Å². The van der Waals surface area contributed by atoms with Crippen molar-refractivity contribution in [3.8, 4) is 0 Å². The predicted molar refractivity (Wildman–Crippen MR) is 99.2 cm³/mol. The number of hydrogen-bond donors (Lipinski definition) is 0. The highest BCUT2D eigenvalue weighted by Crippen LogP contribution is 2.27. The zero-order valence-corrected chi connectivity index (χ0v) is 16.4. The van der Waals surface area contributed by atoms with Crippen LogP contribution in [-0.4, -0.2) is 56.4 Å². The van der Waals surface area contributed by atoms with E-state index >= 15 is 0 Å². The molecule has 0 saturated carbocycles. The Morgan fingerprint density at radius 3 is 2.81 bits per heavy atom. The summed E-state index contributed by atoms with van der Waals surface area (Å²) in [5, 5.41) is 0. The summed E-state index contributed by atoms with van der Waals surface area (Å²) in [6, 6.07) is 5.37. The summed E-state index contributed by atoms with van der Waals surface area (Å²) in [5.41, 5.74) is 2.07. The van der Waals surface area contributed by atoms with E-state index < -0.39 is 10.0 Å². The SMILES string of the molecule is CCOCC1CCCN(S(=O)(=O)c2ccc3c(c2)CN(C(C)=O)CC3)C1. The van der Waals surface area contributed by atoms with Crippen LogP contribution in [0, 0.1) is 5.92 Å². The zero-order chi connectivity index (χ0) is 18.7. The summed E-state index contributed by atoms with van der Waals surface area (Å²) in [4.78, 5) is 13.7. The molecule has 1 fully saturated rings. The fourth-order valence-electron chi connectivity index (χ4n) is 3.78. The molecule has 0 spiro atoms. The van der Waals surface area contributed by atoms with Crippen molar-refractivity contribution in [1.82, 2.24) is 9.21 Å². The summed E-state index contributed by atoms with van der Waals surface area (Å²) in [6.07, 6.45) is 2.64. The second kappa shape index (κ2) is 8.06. The molecule has 6 nitrogen and oxygen atoms in total. The minimum atomic E-state index is -3.52. The summed E-state index contributed by atoms with van der Waals surface area (Å²) in [6.45, 7) is 7.02. The van der Waals surface area contributed by atoms with E-state index in [2.05, 4.69) is 0 Å². The summed E-state index contributed by atoms with van der Waals surface area (Å²) in [5.74, 6) is 0.281. The third-order valence-corrected chi connectivity index (χ3v) is 7.17. The molecule has 1 aromatic carbocycles. The molecule has 2 aliphatic heterocycles. The maximum atomic E-state index is 13.1. The molecule has 0 bridgehead atoms. The number of piperidine rings is 1. The van der Waals surface area contributed by atoms with Gasteiger partial charge in [-0.15, -0.1) is 0 Å². The molecule has 26 heavy (non-hydrogen) atoms. The first-order chi connectivity index (χ1) is 12.4. The third-order valence-electron chi connectivity index (χ3n) is 5.31. The molecule has 1 saturated heterocycles. The maximum absolute atomic E-state index is 13.1. The van der Waals surface area contributed by atoms with Crippen molar-refractivity contribution in [2.24, 2.45) is 5.92 Å². The molecular weight excluding hydrogens is 352 g/mol. The van der Waals surface area contributed by atoms with Gasteiger partial charge in [0.25, 0.3) is 0 Å². The third kappa shape index (κ3) is 4.10. The van der Waals surface area contributed by atoms with Crippen molar-refractivity contribution in [2.45, 2.75) is 44.6 Å². The highest BCUT2D eigenvalue weighted by Gasteiger charge is 2.31. The van der Waals surface area contributed by atoms with Crippen molar-refractivity contribution in [1.29, 1.82) is 0 Å². The van der Waals surface area contributed by atoms with Gasteiger partial charge in [0.05, 0.1) is 11.5 Å². The Morgan fingerprint density at radius 2 is 2.08 bits per heavy atom. The van der Waals surface area contributed by atoms with Crippen molar-refractivity contribution >= 4 is 15.9 Å². The van der Waals surface area contributed by atoms with Crippen LogP contribution in [0.25, 0.3) is 0 Å². The average molecular weight is 381 g/mol. The molecule has 1 aromatic rings. The van der Waals surface area contributed by atoms with Gasteiger partial charge >= 0.3 is 0 Å². The maximum Gasteiger partial charge on any atom is 0.243 e. The second-order valence-corrected chi connectivity index (χ2v) is 9.09. The van der Waals surface area contributed by atoms with Crippen LogP contribution < -0.4 is 0 Å². The molecule has 0 aromatic heterocycles. The quantitative estimate of drug-likeness (QED) is 0.784. The van der Waals surface area contributed by atoms with Gasteiger partial charge in [-0.3, -0.25) is 4.79 Å². The molecule has 3 rings (SSSR count). The Hall–Kier alpha value is -1.44. The smallest absolute Gasteiger partial charge is 0.243 e. The monoisotopic (exact) mass is 380 g/mol. The molecule has 144 valence electrons. The summed E-state index contributed by atoms with van der Waals surface area (Å²) >= 11 is 0. The Balaban J connectivity index is 1.79. The van der Waals surface area contributed by atoms with E-state index in [0.29, 0.717) is 44.3 Å². The predicted octanol–water partition coefficient (Wildman–Crippen LogP) is 2.03. The molecule has 2 aliphatic rings. The lowest BCUT2D eigenvalue weighted by Crippen LogP contribution is -2.41. The van der Waals surface area contributed by atoms with Gasteiger partial charge in [0, 0.05) is 39.7 Å². The number of carbonyl (C=O) groups excluding carboxylic acids is 1. The number of ether oxygens (including phenoxy) is 1. The minimum absolute atomic E-state index is 0.0266. The van der Waals surface area contributed by atoms with Gasteiger partial charge in [0.2, 0.25) is 15.9 Å². The van der Waals surface area contributed by atoms with Gasteiger partial charge in [-0.1, -0.05) is 6.07 Å². The van der Waals surface area contributed by atoms with Gasteiger partial charge in [-0.05, 0) is 55.4 Å². The summed E-state index contributed by atoms with van der Waals surface area (Å²) < 4.78 is 33.3. The zero-order valence-electron chi connectivity index (χ0n) is 15.6. The highest BCUT2D eigenvalue weighted by molar-refractivity contribution is 7.89. The Labute approximate surface area is 156 Å². The molecule has 0 aliphatic carbocycles. The van der Waals surface area contributed by atoms with E-state index in [0.717, 1.165) is 30.4 Å². The number of sulfonamides is 1. The highest BCUT2D eigenvalue weighted by atomic mass is 32.2. The van der Waals surface area contributed by atoms with Gasteiger partial charge < -0.3 is 9.64 Å². The molecule has 1 atom stereocenters. The van der Waals surface area contributed by atoms with E-state index in [1.807, 2.05) is 13.0 Å². The second-order valence-electron chi connectivity index (χ2n) is 7.15. The number of amides is 1. The van der Waals surface area contributed by atoms with Crippen LogP contribution in [0.15, 0.2) is 23.1 Å². The van der Waals surface area contributed by atoms with E-state index in [4.69, 9.17) is 4.74 Å².